The van der Waals surface area contributed by atoms with Crippen molar-refractivity contribution in [2.24, 2.45) is 0 Å². The van der Waals surface area contributed by atoms with Crippen LogP contribution in [-0.4, -0.2) is 41.2 Å². The third-order valence-corrected chi connectivity index (χ3v) is 3.45. The monoisotopic (exact) mass is 276 g/mol. The summed E-state index contributed by atoms with van der Waals surface area (Å²) in [6.07, 6.45) is 0. The van der Waals surface area contributed by atoms with Gasteiger partial charge < -0.3 is 9.84 Å². The van der Waals surface area contributed by atoms with E-state index in [1.165, 1.54) is 6.07 Å². The van der Waals surface area contributed by atoms with Crippen LogP contribution in [0.2, 0.25) is 0 Å². The normalized spacial score (nSPS) is 16.5. The van der Waals surface area contributed by atoms with E-state index in [0.717, 1.165) is 31.7 Å². The van der Waals surface area contributed by atoms with Gasteiger partial charge >= 0.3 is 0 Å². The lowest BCUT2D eigenvalue weighted by molar-refractivity contribution is 0.203. The molecule has 1 N–H and O–H groups in total. The van der Waals surface area contributed by atoms with E-state index in [1.807, 2.05) is 0 Å². The first-order valence-electron chi connectivity index (χ1n) is 6.74. The van der Waals surface area contributed by atoms with E-state index >= 15 is 0 Å². The molecule has 0 atom stereocenters. The first kappa shape index (κ1) is 13.2. The van der Waals surface area contributed by atoms with Crippen molar-refractivity contribution in [1.82, 2.24) is 20.4 Å². The van der Waals surface area contributed by atoms with Crippen LogP contribution in [0.5, 0.6) is 0 Å². The number of rotatable bonds is 3. The molecule has 20 heavy (non-hydrogen) atoms. The first-order chi connectivity index (χ1) is 9.72. The Balaban J connectivity index is 1.73. The maximum atomic E-state index is 13.3. The van der Waals surface area contributed by atoms with Gasteiger partial charge in [-0.1, -0.05) is 5.16 Å². The lowest BCUT2D eigenvalue weighted by atomic mass is 10.1. The summed E-state index contributed by atoms with van der Waals surface area (Å²) in [5.41, 5.74) is 1.36. The number of nitrogens with zero attached hydrogens (tertiary/aromatic N) is 3. The summed E-state index contributed by atoms with van der Waals surface area (Å²) in [5.74, 6) is 0.889. The smallest absolute Gasteiger partial charge is 0.241 e. The summed E-state index contributed by atoms with van der Waals surface area (Å²) in [6.45, 7) is 6.31. The van der Waals surface area contributed by atoms with E-state index in [-0.39, 0.29) is 5.82 Å². The maximum absolute atomic E-state index is 13.3. The van der Waals surface area contributed by atoms with Crippen LogP contribution in [0, 0.1) is 12.7 Å². The van der Waals surface area contributed by atoms with Crippen molar-refractivity contribution in [1.29, 1.82) is 0 Å². The second-order valence-electron chi connectivity index (χ2n) is 5.00. The van der Waals surface area contributed by atoms with Crippen LogP contribution in [0.25, 0.3) is 11.4 Å². The molecule has 1 aromatic heterocycles. The Kier molecular flexibility index (Phi) is 3.75. The van der Waals surface area contributed by atoms with Gasteiger partial charge in [0.15, 0.2) is 0 Å². The zero-order chi connectivity index (χ0) is 13.9. The minimum atomic E-state index is -0.224. The Hall–Kier alpha value is -1.79. The fraction of sp³-hybridized carbons (Fsp3) is 0.429. The average Bonchev–Trinajstić information content (AvgIpc) is 2.91. The van der Waals surface area contributed by atoms with Crippen molar-refractivity contribution in [3.05, 3.63) is 35.5 Å². The van der Waals surface area contributed by atoms with E-state index in [0.29, 0.717) is 23.8 Å². The topological polar surface area (TPSA) is 54.2 Å². The molecule has 106 valence electrons. The van der Waals surface area contributed by atoms with Crippen molar-refractivity contribution < 1.29 is 8.91 Å². The van der Waals surface area contributed by atoms with Gasteiger partial charge in [-0.2, -0.15) is 4.98 Å². The van der Waals surface area contributed by atoms with E-state index in [1.54, 1.807) is 19.1 Å². The highest BCUT2D eigenvalue weighted by molar-refractivity contribution is 5.55. The van der Waals surface area contributed by atoms with Gasteiger partial charge in [-0.05, 0) is 30.7 Å². The van der Waals surface area contributed by atoms with E-state index in [2.05, 4.69) is 20.4 Å². The Morgan fingerprint density at radius 1 is 1.35 bits per heavy atom. The summed E-state index contributed by atoms with van der Waals surface area (Å²) >= 11 is 0. The van der Waals surface area contributed by atoms with Crippen LogP contribution < -0.4 is 5.32 Å². The molecule has 2 heterocycles. The molecule has 0 spiro atoms. The summed E-state index contributed by atoms with van der Waals surface area (Å²) in [5, 5.41) is 7.27. The predicted molar refractivity (Wildman–Crippen MR) is 72.6 cm³/mol. The van der Waals surface area contributed by atoms with Crippen LogP contribution in [0.1, 0.15) is 11.5 Å². The number of benzene rings is 1. The molecule has 3 rings (SSSR count). The van der Waals surface area contributed by atoms with Crippen LogP contribution in [-0.2, 0) is 6.54 Å². The van der Waals surface area contributed by atoms with Gasteiger partial charge in [0, 0.05) is 31.7 Å². The van der Waals surface area contributed by atoms with E-state index in [9.17, 15) is 4.39 Å². The van der Waals surface area contributed by atoms with Crippen LogP contribution in [0.4, 0.5) is 4.39 Å². The van der Waals surface area contributed by atoms with Gasteiger partial charge in [-0.25, -0.2) is 4.39 Å². The highest BCUT2D eigenvalue weighted by atomic mass is 19.1. The molecule has 0 unspecified atom stereocenters. The number of aryl methyl sites for hydroxylation is 1. The molecular weight excluding hydrogens is 259 g/mol. The highest BCUT2D eigenvalue weighted by Gasteiger charge is 2.15. The molecular formula is C14H17FN4O. The van der Waals surface area contributed by atoms with Crippen molar-refractivity contribution in [3.63, 3.8) is 0 Å². The van der Waals surface area contributed by atoms with Gasteiger partial charge in [0.05, 0.1) is 6.54 Å². The number of hydrogen-bond acceptors (Lipinski definition) is 5. The zero-order valence-corrected chi connectivity index (χ0v) is 11.4. The van der Waals surface area contributed by atoms with Gasteiger partial charge in [0.1, 0.15) is 5.82 Å². The molecule has 0 bridgehead atoms. The SMILES string of the molecule is Cc1cc(-c2noc(CN3CCNCC3)n2)ccc1F. The number of piperazine rings is 1. The Morgan fingerprint density at radius 2 is 2.15 bits per heavy atom. The Morgan fingerprint density at radius 3 is 2.90 bits per heavy atom. The Labute approximate surface area is 116 Å². The zero-order valence-electron chi connectivity index (χ0n) is 11.4. The second kappa shape index (κ2) is 5.68. The summed E-state index contributed by atoms with van der Waals surface area (Å²) in [4.78, 5) is 6.65. The fourth-order valence-electron chi connectivity index (χ4n) is 2.28. The first-order valence-corrected chi connectivity index (χ1v) is 6.74. The lowest BCUT2D eigenvalue weighted by Crippen LogP contribution is -2.42. The number of hydrogen-bond donors (Lipinski definition) is 1. The largest absolute Gasteiger partial charge is 0.338 e. The third-order valence-electron chi connectivity index (χ3n) is 3.45. The molecule has 0 saturated carbocycles. The molecule has 1 aliphatic heterocycles. The molecule has 0 amide bonds. The number of aromatic nitrogens is 2. The molecule has 1 aliphatic rings. The van der Waals surface area contributed by atoms with Crippen LogP contribution >= 0.6 is 0 Å². The molecule has 0 radical (unpaired) electrons. The quantitative estimate of drug-likeness (QED) is 0.922. The average molecular weight is 276 g/mol. The summed E-state index contributed by atoms with van der Waals surface area (Å²) in [6, 6.07) is 4.83. The molecule has 6 heteroatoms. The summed E-state index contributed by atoms with van der Waals surface area (Å²) in [7, 11) is 0. The minimum Gasteiger partial charge on any atom is -0.338 e. The third kappa shape index (κ3) is 2.86. The van der Waals surface area contributed by atoms with Crippen molar-refractivity contribution in [2.45, 2.75) is 13.5 Å². The lowest BCUT2D eigenvalue weighted by Gasteiger charge is -2.25. The van der Waals surface area contributed by atoms with E-state index < -0.39 is 0 Å². The number of nitrogens with one attached hydrogen (secondary N) is 1. The molecule has 1 saturated heterocycles. The molecule has 1 aromatic carbocycles. The molecule has 5 nitrogen and oxygen atoms in total. The second-order valence-corrected chi connectivity index (χ2v) is 5.00. The standard InChI is InChI=1S/C14H17FN4O/c1-10-8-11(2-3-12(10)15)14-17-13(20-18-14)9-19-6-4-16-5-7-19/h2-3,8,16H,4-7,9H2,1H3. The number of halogens is 1. The van der Waals surface area contributed by atoms with Crippen molar-refractivity contribution in [3.8, 4) is 11.4 Å². The molecule has 0 aliphatic carbocycles. The van der Waals surface area contributed by atoms with Gasteiger partial charge in [0.2, 0.25) is 11.7 Å². The summed E-state index contributed by atoms with van der Waals surface area (Å²) < 4.78 is 18.5. The minimum absolute atomic E-state index is 0.224. The van der Waals surface area contributed by atoms with Gasteiger partial charge in [-0.15, -0.1) is 0 Å². The molecule has 1 fully saturated rings. The predicted octanol–water partition coefficient (Wildman–Crippen LogP) is 1.59. The maximum Gasteiger partial charge on any atom is 0.241 e. The highest BCUT2D eigenvalue weighted by Crippen LogP contribution is 2.19. The Bertz CT molecular complexity index is 593. The van der Waals surface area contributed by atoms with Gasteiger partial charge in [-0.3, -0.25) is 4.90 Å². The van der Waals surface area contributed by atoms with Crippen molar-refractivity contribution in [2.75, 3.05) is 26.2 Å². The van der Waals surface area contributed by atoms with Crippen LogP contribution in [0.3, 0.4) is 0 Å². The van der Waals surface area contributed by atoms with Crippen LogP contribution in [0.15, 0.2) is 22.7 Å². The fourth-order valence-corrected chi connectivity index (χ4v) is 2.28. The molecule has 2 aromatic rings. The van der Waals surface area contributed by atoms with E-state index in [4.69, 9.17) is 4.52 Å². The van der Waals surface area contributed by atoms with Gasteiger partial charge in [0.25, 0.3) is 0 Å². The van der Waals surface area contributed by atoms with Crippen molar-refractivity contribution >= 4 is 0 Å².